The summed E-state index contributed by atoms with van der Waals surface area (Å²) in [5.41, 5.74) is 1.01. The second kappa shape index (κ2) is 8.13. The van der Waals surface area contributed by atoms with Crippen molar-refractivity contribution in [3.63, 3.8) is 0 Å². The van der Waals surface area contributed by atoms with E-state index in [4.69, 9.17) is 0 Å². The first kappa shape index (κ1) is 13.0. The third kappa shape index (κ3) is 6.42. The van der Waals surface area contributed by atoms with E-state index in [0.29, 0.717) is 13.1 Å². The predicted octanol–water partition coefficient (Wildman–Crippen LogP) is -0.821. The molecule has 0 radical (unpaired) electrons. The smallest absolute Gasteiger partial charge is 0.233 e. The van der Waals surface area contributed by atoms with Gasteiger partial charge < -0.3 is 21.3 Å². The van der Waals surface area contributed by atoms with Gasteiger partial charge in [-0.3, -0.25) is 4.79 Å². The summed E-state index contributed by atoms with van der Waals surface area (Å²) in [6, 6.07) is 0. The van der Waals surface area contributed by atoms with Crippen LogP contribution >= 0.6 is 0 Å². The molecule has 1 heterocycles. The van der Waals surface area contributed by atoms with E-state index in [1.807, 2.05) is 0 Å². The molecule has 4 N–H and O–H groups in total. The Balaban J connectivity index is 2.23. The minimum atomic E-state index is 0.0730. The van der Waals surface area contributed by atoms with Crippen LogP contribution < -0.4 is 21.3 Å². The first-order valence-corrected chi connectivity index (χ1v) is 5.89. The summed E-state index contributed by atoms with van der Waals surface area (Å²) in [6.45, 7) is 8.52. The van der Waals surface area contributed by atoms with Crippen LogP contribution in [0.5, 0.6) is 0 Å². The zero-order valence-corrected chi connectivity index (χ0v) is 9.77. The number of amides is 1. The molecule has 16 heavy (non-hydrogen) atoms. The van der Waals surface area contributed by atoms with E-state index in [2.05, 4.69) is 27.8 Å². The van der Waals surface area contributed by atoms with Crippen molar-refractivity contribution in [1.29, 1.82) is 0 Å². The van der Waals surface area contributed by atoms with Crippen molar-refractivity contribution in [1.82, 2.24) is 21.3 Å². The van der Waals surface area contributed by atoms with Crippen LogP contribution in [0.25, 0.3) is 0 Å². The maximum absolute atomic E-state index is 11.3. The minimum Gasteiger partial charge on any atom is -0.388 e. The van der Waals surface area contributed by atoms with Crippen LogP contribution in [0.4, 0.5) is 0 Å². The van der Waals surface area contributed by atoms with Crippen molar-refractivity contribution in [2.45, 2.75) is 12.8 Å². The van der Waals surface area contributed by atoms with Gasteiger partial charge in [0.1, 0.15) is 0 Å². The van der Waals surface area contributed by atoms with Crippen LogP contribution in [0.15, 0.2) is 12.3 Å². The third-order valence-electron chi connectivity index (χ3n) is 2.38. The van der Waals surface area contributed by atoms with Crippen LogP contribution in [0.3, 0.4) is 0 Å². The van der Waals surface area contributed by atoms with Gasteiger partial charge in [0.2, 0.25) is 5.91 Å². The van der Waals surface area contributed by atoms with Crippen molar-refractivity contribution in [2.24, 2.45) is 0 Å². The van der Waals surface area contributed by atoms with E-state index < -0.39 is 0 Å². The Kier molecular flexibility index (Phi) is 6.60. The average Bonchev–Trinajstić information content (AvgIpc) is 2.26. The molecule has 0 aromatic heterocycles. The summed E-state index contributed by atoms with van der Waals surface area (Å²) in [6.07, 6.45) is 1.94. The van der Waals surface area contributed by atoms with Crippen molar-refractivity contribution in [3.8, 4) is 0 Å². The van der Waals surface area contributed by atoms with Crippen LogP contribution in [-0.4, -0.2) is 45.2 Å². The van der Waals surface area contributed by atoms with Crippen LogP contribution in [0.2, 0.25) is 0 Å². The molecule has 0 aliphatic carbocycles. The Morgan fingerprint density at radius 2 is 1.50 bits per heavy atom. The summed E-state index contributed by atoms with van der Waals surface area (Å²) < 4.78 is 0. The Morgan fingerprint density at radius 1 is 0.875 bits per heavy atom. The van der Waals surface area contributed by atoms with Crippen LogP contribution in [0, 0.1) is 0 Å². The fourth-order valence-electron chi connectivity index (χ4n) is 1.49. The van der Waals surface area contributed by atoms with Crippen molar-refractivity contribution >= 4 is 5.91 Å². The highest BCUT2D eigenvalue weighted by atomic mass is 16.1. The molecule has 0 aromatic carbocycles. The topological polar surface area (TPSA) is 65.2 Å². The lowest BCUT2D eigenvalue weighted by atomic mass is 10.3. The molecule has 5 nitrogen and oxygen atoms in total. The average molecular weight is 226 g/mol. The van der Waals surface area contributed by atoms with Crippen LogP contribution in [0.1, 0.15) is 12.8 Å². The lowest BCUT2D eigenvalue weighted by molar-refractivity contribution is -0.120. The molecule has 0 bridgehead atoms. The van der Waals surface area contributed by atoms with Gasteiger partial charge >= 0.3 is 0 Å². The molecule has 1 fully saturated rings. The minimum absolute atomic E-state index is 0.0730. The highest BCUT2D eigenvalue weighted by Gasteiger charge is 2.00. The lowest BCUT2D eigenvalue weighted by Gasteiger charge is -2.13. The van der Waals surface area contributed by atoms with Crippen molar-refractivity contribution in [3.05, 3.63) is 12.3 Å². The summed E-state index contributed by atoms with van der Waals surface area (Å²) >= 11 is 0. The number of carbonyl (C=O) groups is 1. The van der Waals surface area contributed by atoms with Gasteiger partial charge in [-0.05, 0) is 25.9 Å². The summed E-state index contributed by atoms with van der Waals surface area (Å²) in [4.78, 5) is 11.3. The molecule has 0 aromatic rings. The number of carbonyl (C=O) groups excluding carboxylic acids is 1. The van der Waals surface area contributed by atoms with Crippen molar-refractivity contribution in [2.75, 3.05) is 39.3 Å². The molecule has 1 aliphatic heterocycles. The quantitative estimate of drug-likeness (QED) is 0.436. The fourth-order valence-corrected chi connectivity index (χ4v) is 1.49. The molecule has 0 atom stereocenters. The Labute approximate surface area is 97.1 Å². The molecule has 1 saturated heterocycles. The van der Waals surface area contributed by atoms with Gasteiger partial charge in [0.25, 0.3) is 0 Å². The highest BCUT2D eigenvalue weighted by Crippen LogP contribution is 1.84. The zero-order chi connectivity index (χ0) is 11.6. The predicted molar refractivity (Wildman–Crippen MR) is 65.1 cm³/mol. The molecular formula is C11H22N4O. The molecule has 0 unspecified atom stereocenters. The maximum Gasteiger partial charge on any atom is 0.233 e. The largest absolute Gasteiger partial charge is 0.388 e. The second-order valence-electron chi connectivity index (χ2n) is 3.94. The number of nitrogens with one attached hydrogen (secondary N) is 4. The standard InChI is InChI=1S/C11H22N4O/c1-10-8-12-4-2-5-13-9-11(16)15-7-3-6-14-10/h12-14H,1-9H2,(H,15,16). The highest BCUT2D eigenvalue weighted by molar-refractivity contribution is 5.77. The summed E-state index contributed by atoms with van der Waals surface area (Å²) in [7, 11) is 0. The summed E-state index contributed by atoms with van der Waals surface area (Å²) in [5.74, 6) is 0.0730. The number of rotatable bonds is 0. The summed E-state index contributed by atoms with van der Waals surface area (Å²) in [5, 5.41) is 12.5. The van der Waals surface area contributed by atoms with Gasteiger partial charge in [-0.1, -0.05) is 6.58 Å². The lowest BCUT2D eigenvalue weighted by Crippen LogP contribution is -2.37. The second-order valence-corrected chi connectivity index (χ2v) is 3.94. The zero-order valence-electron chi connectivity index (χ0n) is 9.77. The van der Waals surface area contributed by atoms with E-state index in [9.17, 15) is 4.79 Å². The van der Waals surface area contributed by atoms with Gasteiger partial charge in [0.05, 0.1) is 6.54 Å². The Hall–Kier alpha value is -1.07. The third-order valence-corrected chi connectivity index (χ3v) is 2.38. The molecule has 0 saturated carbocycles. The number of hydrogen-bond donors (Lipinski definition) is 4. The molecule has 1 aliphatic rings. The van der Waals surface area contributed by atoms with Gasteiger partial charge in [0, 0.05) is 25.3 Å². The van der Waals surface area contributed by atoms with E-state index in [1.54, 1.807) is 0 Å². The number of hydrogen-bond acceptors (Lipinski definition) is 4. The van der Waals surface area contributed by atoms with E-state index in [0.717, 1.165) is 44.7 Å². The first-order valence-electron chi connectivity index (χ1n) is 5.89. The normalized spacial score (nSPS) is 21.8. The monoisotopic (exact) mass is 226 g/mol. The van der Waals surface area contributed by atoms with Gasteiger partial charge in [0.15, 0.2) is 0 Å². The van der Waals surface area contributed by atoms with Crippen molar-refractivity contribution < 1.29 is 4.79 Å². The molecular weight excluding hydrogens is 204 g/mol. The fraction of sp³-hybridized carbons (Fsp3) is 0.727. The molecule has 1 rings (SSSR count). The van der Waals surface area contributed by atoms with Gasteiger partial charge in [-0.15, -0.1) is 0 Å². The molecule has 1 amide bonds. The van der Waals surface area contributed by atoms with E-state index in [1.165, 1.54) is 0 Å². The SMILES string of the molecule is C=C1CNCCCNCC(=O)NCCCN1. The van der Waals surface area contributed by atoms with E-state index in [-0.39, 0.29) is 5.91 Å². The van der Waals surface area contributed by atoms with Crippen LogP contribution in [-0.2, 0) is 4.79 Å². The molecule has 0 spiro atoms. The molecule has 5 heteroatoms. The Morgan fingerprint density at radius 3 is 2.31 bits per heavy atom. The maximum atomic E-state index is 11.3. The first-order chi connectivity index (χ1) is 7.79. The molecule has 92 valence electrons. The van der Waals surface area contributed by atoms with Gasteiger partial charge in [-0.2, -0.15) is 0 Å². The van der Waals surface area contributed by atoms with Gasteiger partial charge in [-0.25, -0.2) is 0 Å². The Bertz CT molecular complexity index is 208. The van der Waals surface area contributed by atoms with E-state index >= 15 is 0 Å².